The van der Waals surface area contributed by atoms with E-state index in [9.17, 15) is 14.4 Å². The zero-order chi connectivity index (χ0) is 17.3. The van der Waals surface area contributed by atoms with Crippen LogP contribution in [0.4, 0.5) is 0 Å². The molecule has 1 aliphatic heterocycles. The lowest BCUT2D eigenvalue weighted by atomic mass is 10.1. The van der Waals surface area contributed by atoms with E-state index in [-0.39, 0.29) is 17.7 Å². The molecule has 1 aromatic carbocycles. The monoisotopic (exact) mass is 332 g/mol. The summed E-state index contributed by atoms with van der Waals surface area (Å²) < 4.78 is 5.13. The summed E-state index contributed by atoms with van der Waals surface area (Å²) in [6, 6.07) is 6.98. The zero-order valence-electron chi connectivity index (χ0n) is 13.5. The topological polar surface area (TPSA) is 87.2 Å². The smallest absolute Gasteiger partial charge is 0.307 e. The second-order valence-electron chi connectivity index (χ2n) is 6.14. The number of carboxylic acids is 1. The van der Waals surface area contributed by atoms with Crippen molar-refractivity contribution in [2.24, 2.45) is 11.8 Å². The van der Waals surface area contributed by atoms with Crippen LogP contribution in [0.5, 0.6) is 5.75 Å². The molecule has 2 aliphatic rings. The highest BCUT2D eigenvalue weighted by Crippen LogP contribution is 2.40. The predicted octanol–water partition coefficient (Wildman–Crippen LogP) is 0.700. The molecular formula is C17H20N2O5. The molecule has 7 heteroatoms. The largest absolute Gasteiger partial charge is 0.497 e. The van der Waals surface area contributed by atoms with E-state index >= 15 is 0 Å². The van der Waals surface area contributed by atoms with Gasteiger partial charge in [-0.25, -0.2) is 0 Å². The summed E-state index contributed by atoms with van der Waals surface area (Å²) in [5.74, 6) is -1.38. The molecule has 24 heavy (non-hydrogen) atoms. The molecule has 0 aromatic heterocycles. The Kier molecular flexibility index (Phi) is 4.42. The third-order valence-corrected chi connectivity index (χ3v) is 4.62. The Morgan fingerprint density at radius 2 is 1.75 bits per heavy atom. The third kappa shape index (κ3) is 3.20. The number of aliphatic carboxylic acids is 1. The second kappa shape index (κ2) is 6.51. The van der Waals surface area contributed by atoms with Crippen molar-refractivity contribution in [3.05, 3.63) is 29.8 Å². The molecule has 1 N–H and O–H groups in total. The minimum Gasteiger partial charge on any atom is -0.497 e. The fourth-order valence-corrected chi connectivity index (χ4v) is 3.04. The number of hydrogen-bond acceptors (Lipinski definition) is 4. The number of piperazine rings is 1. The molecule has 2 unspecified atom stereocenters. The van der Waals surface area contributed by atoms with Gasteiger partial charge in [-0.15, -0.1) is 0 Å². The number of rotatable bonds is 4. The van der Waals surface area contributed by atoms with Crippen LogP contribution in [0.1, 0.15) is 16.8 Å². The molecule has 2 amide bonds. The van der Waals surface area contributed by atoms with Crippen LogP contribution in [0.25, 0.3) is 0 Å². The molecule has 1 aliphatic carbocycles. The van der Waals surface area contributed by atoms with Gasteiger partial charge in [0.25, 0.3) is 5.91 Å². The van der Waals surface area contributed by atoms with Gasteiger partial charge in [0.15, 0.2) is 0 Å². The van der Waals surface area contributed by atoms with Crippen molar-refractivity contribution < 1.29 is 24.2 Å². The van der Waals surface area contributed by atoms with Crippen LogP contribution in [0.3, 0.4) is 0 Å². The van der Waals surface area contributed by atoms with Crippen LogP contribution in [-0.4, -0.2) is 66.0 Å². The highest BCUT2D eigenvalue weighted by Gasteiger charge is 2.50. The first-order chi connectivity index (χ1) is 11.5. The van der Waals surface area contributed by atoms with E-state index in [0.717, 1.165) is 0 Å². The molecule has 2 atom stereocenters. The van der Waals surface area contributed by atoms with E-state index in [1.807, 2.05) is 0 Å². The van der Waals surface area contributed by atoms with Crippen LogP contribution in [0.2, 0.25) is 0 Å². The van der Waals surface area contributed by atoms with Crippen molar-refractivity contribution in [1.29, 1.82) is 0 Å². The van der Waals surface area contributed by atoms with Crippen LogP contribution >= 0.6 is 0 Å². The number of carboxylic acid groups (broad SMARTS) is 1. The third-order valence-electron chi connectivity index (χ3n) is 4.62. The SMILES string of the molecule is COc1cccc(C(=O)N2CCN(C(=O)C3CC3C(=O)O)CC2)c1. The lowest BCUT2D eigenvalue weighted by Crippen LogP contribution is -2.51. The highest BCUT2D eigenvalue weighted by atomic mass is 16.5. The average molecular weight is 332 g/mol. The van der Waals surface area contributed by atoms with E-state index in [1.54, 1.807) is 41.2 Å². The predicted molar refractivity (Wildman–Crippen MR) is 84.7 cm³/mol. The number of methoxy groups -OCH3 is 1. The molecule has 7 nitrogen and oxygen atoms in total. The molecule has 1 aromatic rings. The summed E-state index contributed by atoms with van der Waals surface area (Å²) in [6.45, 7) is 1.78. The zero-order valence-corrected chi connectivity index (χ0v) is 13.5. The molecule has 128 valence electrons. The van der Waals surface area contributed by atoms with Gasteiger partial charge in [-0.1, -0.05) is 6.07 Å². The summed E-state index contributed by atoms with van der Waals surface area (Å²) in [5.41, 5.74) is 0.558. The Morgan fingerprint density at radius 1 is 1.08 bits per heavy atom. The van der Waals surface area contributed by atoms with Crippen LogP contribution in [0.15, 0.2) is 24.3 Å². The molecule has 1 heterocycles. The Morgan fingerprint density at radius 3 is 2.33 bits per heavy atom. The second-order valence-corrected chi connectivity index (χ2v) is 6.14. The minimum atomic E-state index is -0.903. The maximum absolute atomic E-state index is 12.5. The quantitative estimate of drug-likeness (QED) is 0.877. The van der Waals surface area contributed by atoms with E-state index in [0.29, 0.717) is 43.9 Å². The molecular weight excluding hydrogens is 312 g/mol. The molecule has 1 saturated heterocycles. The fraction of sp³-hybridized carbons (Fsp3) is 0.471. The van der Waals surface area contributed by atoms with Crippen molar-refractivity contribution in [3.63, 3.8) is 0 Å². The van der Waals surface area contributed by atoms with E-state index in [1.165, 1.54) is 0 Å². The van der Waals surface area contributed by atoms with E-state index < -0.39 is 11.9 Å². The number of benzene rings is 1. The van der Waals surface area contributed by atoms with Crippen LogP contribution in [0, 0.1) is 11.8 Å². The van der Waals surface area contributed by atoms with Crippen molar-refractivity contribution >= 4 is 17.8 Å². The lowest BCUT2D eigenvalue weighted by Gasteiger charge is -2.35. The van der Waals surface area contributed by atoms with Gasteiger partial charge in [0, 0.05) is 31.7 Å². The lowest BCUT2D eigenvalue weighted by molar-refractivity contribution is -0.142. The minimum absolute atomic E-state index is 0.0872. The number of carbonyl (C=O) groups is 3. The summed E-state index contributed by atoms with van der Waals surface area (Å²) in [7, 11) is 1.55. The fourth-order valence-electron chi connectivity index (χ4n) is 3.04. The number of amides is 2. The van der Waals surface area contributed by atoms with Crippen molar-refractivity contribution in [2.45, 2.75) is 6.42 Å². The molecule has 1 saturated carbocycles. The number of ether oxygens (including phenoxy) is 1. The average Bonchev–Trinajstić information content (AvgIpc) is 3.41. The summed E-state index contributed by atoms with van der Waals surface area (Å²) >= 11 is 0. The maximum Gasteiger partial charge on any atom is 0.307 e. The number of hydrogen-bond donors (Lipinski definition) is 1. The number of carbonyl (C=O) groups excluding carboxylic acids is 2. The molecule has 3 rings (SSSR count). The van der Waals surface area contributed by atoms with Gasteiger partial charge in [0.1, 0.15) is 5.75 Å². The highest BCUT2D eigenvalue weighted by molar-refractivity contribution is 5.95. The molecule has 2 fully saturated rings. The standard InChI is InChI=1S/C17H20N2O5/c1-24-12-4-2-3-11(9-12)15(20)18-5-7-19(8-6-18)16(21)13-10-14(13)17(22)23/h2-4,9,13-14H,5-8,10H2,1H3,(H,22,23). The normalized spacial score (nSPS) is 22.9. The van der Waals surface area contributed by atoms with Crippen LogP contribution < -0.4 is 4.74 Å². The molecule has 0 spiro atoms. The van der Waals surface area contributed by atoms with Gasteiger partial charge in [0.05, 0.1) is 18.9 Å². The Labute approximate surface area is 139 Å². The summed E-state index contributed by atoms with van der Waals surface area (Å²) in [4.78, 5) is 39.0. The van der Waals surface area contributed by atoms with Crippen LogP contribution in [-0.2, 0) is 9.59 Å². The van der Waals surface area contributed by atoms with Crippen molar-refractivity contribution in [3.8, 4) is 5.75 Å². The van der Waals surface area contributed by atoms with Gasteiger partial charge in [-0.05, 0) is 24.6 Å². The Balaban J connectivity index is 1.56. The Bertz CT molecular complexity index is 667. The van der Waals surface area contributed by atoms with Gasteiger partial charge in [-0.2, -0.15) is 0 Å². The van der Waals surface area contributed by atoms with Gasteiger partial charge in [0.2, 0.25) is 5.91 Å². The number of nitrogens with zero attached hydrogens (tertiary/aromatic N) is 2. The van der Waals surface area contributed by atoms with E-state index in [2.05, 4.69) is 0 Å². The molecule has 0 radical (unpaired) electrons. The van der Waals surface area contributed by atoms with Crippen molar-refractivity contribution in [1.82, 2.24) is 9.80 Å². The van der Waals surface area contributed by atoms with E-state index in [4.69, 9.17) is 9.84 Å². The van der Waals surface area contributed by atoms with Gasteiger partial charge >= 0.3 is 5.97 Å². The van der Waals surface area contributed by atoms with Gasteiger partial charge < -0.3 is 19.6 Å². The Hall–Kier alpha value is -2.57. The summed E-state index contributed by atoms with van der Waals surface area (Å²) in [5, 5.41) is 8.92. The first-order valence-electron chi connectivity index (χ1n) is 7.96. The summed E-state index contributed by atoms with van der Waals surface area (Å²) in [6.07, 6.45) is 0.428. The first-order valence-corrected chi connectivity index (χ1v) is 7.96. The maximum atomic E-state index is 12.5. The van der Waals surface area contributed by atoms with Gasteiger partial charge in [-0.3, -0.25) is 14.4 Å². The first kappa shape index (κ1) is 16.3. The van der Waals surface area contributed by atoms with Crippen molar-refractivity contribution in [2.75, 3.05) is 33.3 Å². The molecule has 0 bridgehead atoms.